The molecule has 0 saturated carbocycles. The standard InChI is InChI=1S/C14H11ClF2.2C14H11F3/c1-8-3-5-10(7-12(8)16)11-6-4-9(2)13(15)14(11)17;2*1-8-3-5-10(7-12(8)15)11-6-4-9(2)13(16)14(11)17/h3*3-7H,1-2H3. The summed E-state index contributed by atoms with van der Waals surface area (Å²) in [7, 11) is 0. The Hall–Kier alpha value is -4.95. The van der Waals surface area contributed by atoms with E-state index in [9.17, 15) is 35.1 Å². The predicted molar refractivity (Wildman–Crippen MR) is 189 cm³/mol. The third-order valence-corrected chi connectivity index (χ3v) is 8.74. The second kappa shape index (κ2) is 16.4. The van der Waals surface area contributed by atoms with Crippen molar-refractivity contribution in [3.05, 3.63) is 176 Å². The minimum atomic E-state index is -0.937. The van der Waals surface area contributed by atoms with Crippen molar-refractivity contribution in [3.63, 3.8) is 0 Å². The van der Waals surface area contributed by atoms with E-state index in [4.69, 9.17) is 11.6 Å². The molecule has 9 heteroatoms. The first-order valence-corrected chi connectivity index (χ1v) is 16.0. The van der Waals surface area contributed by atoms with Crippen molar-refractivity contribution in [1.82, 2.24) is 0 Å². The molecule has 6 rings (SSSR count). The molecular weight excluding hydrogens is 692 g/mol. The molecule has 264 valence electrons. The average molecular weight is 725 g/mol. The molecule has 0 amide bonds. The van der Waals surface area contributed by atoms with Crippen LogP contribution in [-0.2, 0) is 0 Å². The van der Waals surface area contributed by atoms with Gasteiger partial charge in [-0.3, -0.25) is 0 Å². The van der Waals surface area contributed by atoms with Crippen molar-refractivity contribution in [2.75, 3.05) is 0 Å². The fourth-order valence-corrected chi connectivity index (χ4v) is 5.05. The molecular formula is C42H33ClF8. The molecule has 51 heavy (non-hydrogen) atoms. The van der Waals surface area contributed by atoms with Gasteiger partial charge in [0.1, 0.15) is 23.3 Å². The molecule has 0 aliphatic heterocycles. The van der Waals surface area contributed by atoms with E-state index in [-0.39, 0.29) is 33.1 Å². The summed E-state index contributed by atoms with van der Waals surface area (Å²) in [6.45, 7) is 9.59. The Morgan fingerprint density at radius 2 is 0.588 bits per heavy atom. The molecule has 0 atom stereocenters. The van der Waals surface area contributed by atoms with Crippen LogP contribution in [0.25, 0.3) is 33.4 Å². The van der Waals surface area contributed by atoms with Gasteiger partial charge in [-0.15, -0.1) is 0 Å². The van der Waals surface area contributed by atoms with E-state index < -0.39 is 40.7 Å². The maximum Gasteiger partial charge on any atom is 0.166 e. The molecule has 0 nitrogen and oxygen atoms in total. The van der Waals surface area contributed by atoms with E-state index in [1.807, 2.05) is 0 Å². The Bertz CT molecular complexity index is 1980. The van der Waals surface area contributed by atoms with Gasteiger partial charge in [0.2, 0.25) is 0 Å². The molecule has 0 saturated heterocycles. The van der Waals surface area contributed by atoms with Crippen molar-refractivity contribution in [1.29, 1.82) is 0 Å². The first kappa shape index (κ1) is 38.8. The lowest BCUT2D eigenvalue weighted by molar-refractivity contribution is 0.505. The van der Waals surface area contributed by atoms with Gasteiger partial charge in [0.05, 0.1) is 5.02 Å². The van der Waals surface area contributed by atoms with Gasteiger partial charge in [0.15, 0.2) is 23.3 Å². The second-order valence-electron chi connectivity index (χ2n) is 12.1. The molecule has 0 spiro atoms. The highest BCUT2D eigenvalue weighted by Gasteiger charge is 2.15. The molecule has 0 radical (unpaired) electrons. The summed E-state index contributed by atoms with van der Waals surface area (Å²) in [5, 5.41) is 0.0866. The monoisotopic (exact) mass is 724 g/mol. The predicted octanol–water partition coefficient (Wildman–Crippen LogP) is 13.7. The maximum atomic E-state index is 13.9. The largest absolute Gasteiger partial charge is 0.207 e. The van der Waals surface area contributed by atoms with Crippen molar-refractivity contribution >= 4 is 11.6 Å². The molecule has 0 bridgehead atoms. The Morgan fingerprint density at radius 3 is 0.902 bits per heavy atom. The van der Waals surface area contributed by atoms with E-state index in [0.29, 0.717) is 44.5 Å². The Morgan fingerprint density at radius 1 is 0.314 bits per heavy atom. The van der Waals surface area contributed by atoms with Gasteiger partial charge in [-0.05, 0) is 110 Å². The van der Waals surface area contributed by atoms with E-state index in [0.717, 1.165) is 0 Å². The number of benzene rings is 6. The zero-order valence-corrected chi connectivity index (χ0v) is 29.3. The van der Waals surface area contributed by atoms with Gasteiger partial charge >= 0.3 is 0 Å². The molecule has 0 heterocycles. The summed E-state index contributed by atoms with van der Waals surface area (Å²) >= 11 is 5.84. The Kier molecular flexibility index (Phi) is 12.5. The lowest BCUT2D eigenvalue weighted by Crippen LogP contribution is -1.94. The van der Waals surface area contributed by atoms with Crippen LogP contribution in [-0.4, -0.2) is 0 Å². The second-order valence-corrected chi connectivity index (χ2v) is 12.4. The maximum absolute atomic E-state index is 13.9. The van der Waals surface area contributed by atoms with Gasteiger partial charge in [-0.25, -0.2) is 35.1 Å². The number of rotatable bonds is 3. The third-order valence-electron chi connectivity index (χ3n) is 8.27. The normalized spacial score (nSPS) is 10.6. The molecule has 0 unspecified atom stereocenters. The third kappa shape index (κ3) is 8.86. The first-order valence-electron chi connectivity index (χ1n) is 15.6. The summed E-state index contributed by atoms with van der Waals surface area (Å²) in [5.74, 6) is -5.35. The molecule has 0 aliphatic carbocycles. The Balaban J connectivity index is 0.000000172. The van der Waals surface area contributed by atoms with Crippen LogP contribution in [0.4, 0.5) is 35.1 Å². The van der Waals surface area contributed by atoms with Crippen LogP contribution in [0, 0.1) is 88.1 Å². The zero-order chi connectivity index (χ0) is 37.7. The topological polar surface area (TPSA) is 0 Å². The highest BCUT2D eigenvalue weighted by Crippen LogP contribution is 2.31. The molecule has 0 aliphatic rings. The summed E-state index contributed by atoms with van der Waals surface area (Å²) < 4.78 is 108. The van der Waals surface area contributed by atoms with E-state index >= 15 is 0 Å². The van der Waals surface area contributed by atoms with Crippen LogP contribution in [0.3, 0.4) is 0 Å². The SMILES string of the molecule is Cc1ccc(-c2ccc(C)c(Cl)c2F)cc1F.Cc1ccc(-c2ccc(C)c(F)c2F)cc1F.Cc1ccc(-c2ccc(C)c(F)c2F)cc1F. The van der Waals surface area contributed by atoms with Gasteiger partial charge in [0, 0.05) is 16.7 Å². The minimum absolute atomic E-state index is 0.0759. The van der Waals surface area contributed by atoms with Crippen molar-refractivity contribution in [2.45, 2.75) is 41.5 Å². The van der Waals surface area contributed by atoms with E-state index in [1.165, 1.54) is 56.3 Å². The minimum Gasteiger partial charge on any atom is -0.207 e. The van der Waals surface area contributed by atoms with Crippen molar-refractivity contribution in [3.8, 4) is 33.4 Å². The van der Waals surface area contributed by atoms with Crippen LogP contribution in [0.2, 0.25) is 5.02 Å². The molecule has 0 aromatic heterocycles. The summed E-state index contributed by atoms with van der Waals surface area (Å²) in [5.41, 5.74) is 4.26. The average Bonchev–Trinajstić information content (AvgIpc) is 3.10. The fourth-order valence-electron chi connectivity index (χ4n) is 4.89. The van der Waals surface area contributed by atoms with Crippen LogP contribution in [0.1, 0.15) is 33.4 Å². The van der Waals surface area contributed by atoms with E-state index in [1.54, 1.807) is 76.2 Å². The lowest BCUT2D eigenvalue weighted by Gasteiger charge is -2.08. The van der Waals surface area contributed by atoms with Crippen LogP contribution >= 0.6 is 11.6 Å². The van der Waals surface area contributed by atoms with Crippen LogP contribution in [0.15, 0.2) is 91.0 Å². The summed E-state index contributed by atoms with van der Waals surface area (Å²) in [6.07, 6.45) is 0. The van der Waals surface area contributed by atoms with Crippen molar-refractivity contribution < 1.29 is 35.1 Å². The number of halogens is 9. The molecule has 0 fully saturated rings. The van der Waals surface area contributed by atoms with Gasteiger partial charge < -0.3 is 0 Å². The summed E-state index contributed by atoms with van der Waals surface area (Å²) in [4.78, 5) is 0. The lowest BCUT2D eigenvalue weighted by atomic mass is 10.0. The number of hydrogen-bond donors (Lipinski definition) is 0. The smallest absolute Gasteiger partial charge is 0.166 e. The highest BCUT2D eigenvalue weighted by molar-refractivity contribution is 6.31. The van der Waals surface area contributed by atoms with E-state index in [2.05, 4.69) is 0 Å². The fraction of sp³-hybridized carbons (Fsp3) is 0.143. The Labute approximate surface area is 297 Å². The summed E-state index contributed by atoms with van der Waals surface area (Å²) in [6, 6.07) is 22.5. The van der Waals surface area contributed by atoms with Crippen molar-refractivity contribution in [2.24, 2.45) is 0 Å². The van der Waals surface area contributed by atoms with Gasteiger partial charge in [-0.1, -0.05) is 84.4 Å². The highest BCUT2D eigenvalue weighted by atomic mass is 35.5. The number of hydrogen-bond acceptors (Lipinski definition) is 0. The number of aryl methyl sites for hydroxylation is 6. The van der Waals surface area contributed by atoms with Crippen LogP contribution in [0.5, 0.6) is 0 Å². The zero-order valence-electron chi connectivity index (χ0n) is 28.6. The molecule has 0 N–H and O–H groups in total. The first-order chi connectivity index (χ1) is 24.0. The van der Waals surface area contributed by atoms with Gasteiger partial charge in [0.25, 0.3) is 0 Å². The van der Waals surface area contributed by atoms with Gasteiger partial charge in [-0.2, -0.15) is 0 Å². The molecule has 6 aromatic rings. The quantitative estimate of drug-likeness (QED) is 0.159. The molecule has 6 aromatic carbocycles. The van der Waals surface area contributed by atoms with Crippen LogP contribution < -0.4 is 0 Å².